The molecule has 0 aromatic rings. The van der Waals surface area contributed by atoms with E-state index in [0.717, 1.165) is 6.42 Å². The van der Waals surface area contributed by atoms with Crippen molar-refractivity contribution in [3.8, 4) is 0 Å². The molecule has 0 radical (unpaired) electrons. The van der Waals surface area contributed by atoms with Gasteiger partial charge in [-0.25, -0.2) is 0 Å². The molecule has 2 nitrogen and oxygen atoms in total. The van der Waals surface area contributed by atoms with Gasteiger partial charge in [-0.15, -0.1) is 0 Å². The maximum atomic E-state index is 9.48. The van der Waals surface area contributed by atoms with E-state index >= 15 is 0 Å². The molecule has 0 aromatic carbocycles. The van der Waals surface area contributed by atoms with E-state index in [9.17, 15) is 5.11 Å². The smallest absolute Gasteiger partial charge is 0.0773 e. The summed E-state index contributed by atoms with van der Waals surface area (Å²) in [5.74, 6) is 0.610. The first-order chi connectivity index (χ1) is 7.74. The number of aliphatic hydroxyl groups excluding tert-OH is 2. The highest BCUT2D eigenvalue weighted by Crippen LogP contribution is 2.22. The molecule has 0 saturated heterocycles. The van der Waals surface area contributed by atoms with Crippen LogP contribution in [0.15, 0.2) is 0 Å². The Bertz CT molecular complexity index is 137. The van der Waals surface area contributed by atoms with Crippen LogP contribution in [-0.4, -0.2) is 22.9 Å². The Hall–Kier alpha value is -0.0800. The lowest BCUT2D eigenvalue weighted by Gasteiger charge is -2.19. The van der Waals surface area contributed by atoms with Crippen molar-refractivity contribution < 1.29 is 10.2 Å². The molecular weight excluding hydrogens is 200 g/mol. The molecule has 0 aliphatic rings. The van der Waals surface area contributed by atoms with E-state index in [1.165, 1.54) is 51.4 Å². The van der Waals surface area contributed by atoms with Crippen LogP contribution in [0.1, 0.15) is 71.6 Å². The third-order valence-electron chi connectivity index (χ3n) is 3.25. The molecule has 0 fully saturated rings. The first-order valence-corrected chi connectivity index (χ1v) is 7.03. The van der Waals surface area contributed by atoms with Crippen LogP contribution < -0.4 is 0 Å². The minimum absolute atomic E-state index is 0.0857. The average Bonchev–Trinajstić information content (AvgIpc) is 2.30. The van der Waals surface area contributed by atoms with E-state index in [4.69, 9.17) is 5.11 Å². The van der Waals surface area contributed by atoms with Gasteiger partial charge < -0.3 is 10.2 Å². The van der Waals surface area contributed by atoms with Gasteiger partial charge in [-0.3, -0.25) is 0 Å². The van der Waals surface area contributed by atoms with Crippen molar-refractivity contribution in [3.05, 3.63) is 0 Å². The third kappa shape index (κ3) is 9.17. The normalized spacial score (nSPS) is 15.0. The van der Waals surface area contributed by atoms with Crippen LogP contribution in [0.4, 0.5) is 0 Å². The Morgan fingerprint density at radius 3 is 2.06 bits per heavy atom. The van der Waals surface area contributed by atoms with E-state index in [0.29, 0.717) is 5.92 Å². The number of hydrogen-bond acceptors (Lipinski definition) is 2. The third-order valence-corrected chi connectivity index (χ3v) is 3.25. The van der Waals surface area contributed by atoms with E-state index in [-0.39, 0.29) is 6.61 Å². The Morgan fingerprint density at radius 1 is 0.875 bits per heavy atom. The predicted octanol–water partition coefficient (Wildman–Crippen LogP) is 3.51. The second-order valence-corrected chi connectivity index (χ2v) is 4.93. The monoisotopic (exact) mass is 230 g/mol. The minimum Gasteiger partial charge on any atom is -0.394 e. The summed E-state index contributed by atoms with van der Waals surface area (Å²) in [4.78, 5) is 0. The fraction of sp³-hybridized carbons (Fsp3) is 1.00. The lowest BCUT2D eigenvalue weighted by atomic mass is 9.90. The van der Waals surface area contributed by atoms with Gasteiger partial charge in [0.05, 0.1) is 12.7 Å². The van der Waals surface area contributed by atoms with E-state index in [1.54, 1.807) is 0 Å². The maximum absolute atomic E-state index is 9.48. The van der Waals surface area contributed by atoms with Crippen LogP contribution in [0, 0.1) is 5.92 Å². The highest BCUT2D eigenvalue weighted by atomic mass is 16.3. The maximum Gasteiger partial charge on any atom is 0.0773 e. The first-order valence-electron chi connectivity index (χ1n) is 7.03. The van der Waals surface area contributed by atoms with Crippen LogP contribution >= 0.6 is 0 Å². The fourth-order valence-electron chi connectivity index (χ4n) is 2.19. The number of aliphatic hydroxyl groups is 2. The van der Waals surface area contributed by atoms with Crippen molar-refractivity contribution in [3.63, 3.8) is 0 Å². The zero-order valence-electron chi connectivity index (χ0n) is 11.1. The van der Waals surface area contributed by atoms with Crippen LogP contribution in [0.5, 0.6) is 0 Å². The number of unbranched alkanes of at least 4 members (excludes halogenated alkanes) is 4. The first kappa shape index (κ1) is 15.9. The molecule has 0 aromatic heterocycles. The summed E-state index contributed by atoms with van der Waals surface area (Å²) in [6, 6.07) is 0. The van der Waals surface area contributed by atoms with E-state index in [2.05, 4.69) is 13.8 Å². The van der Waals surface area contributed by atoms with Crippen molar-refractivity contribution in [2.75, 3.05) is 6.61 Å². The molecular formula is C14H30O2. The molecule has 0 bridgehead atoms. The summed E-state index contributed by atoms with van der Waals surface area (Å²) in [6.45, 7) is 4.35. The van der Waals surface area contributed by atoms with Crippen molar-refractivity contribution in [2.24, 2.45) is 5.92 Å². The van der Waals surface area contributed by atoms with Crippen LogP contribution in [0.25, 0.3) is 0 Å². The Morgan fingerprint density at radius 2 is 1.50 bits per heavy atom. The van der Waals surface area contributed by atoms with Gasteiger partial charge in [0.25, 0.3) is 0 Å². The molecule has 0 spiro atoms. The molecule has 0 heterocycles. The molecule has 0 aliphatic heterocycles. The summed E-state index contributed by atoms with van der Waals surface area (Å²) < 4.78 is 0. The second kappa shape index (κ2) is 11.4. The molecule has 2 unspecified atom stereocenters. The summed E-state index contributed by atoms with van der Waals surface area (Å²) in [7, 11) is 0. The molecule has 16 heavy (non-hydrogen) atoms. The molecule has 2 atom stereocenters. The highest BCUT2D eigenvalue weighted by Gasteiger charge is 2.13. The molecule has 2 heteroatoms. The van der Waals surface area contributed by atoms with Crippen LogP contribution in [-0.2, 0) is 0 Å². The SMILES string of the molecule is CCCCCCC(CCCC)CC(O)CO. The fourth-order valence-corrected chi connectivity index (χ4v) is 2.19. The van der Waals surface area contributed by atoms with Gasteiger partial charge in [-0.2, -0.15) is 0 Å². The topological polar surface area (TPSA) is 40.5 Å². The van der Waals surface area contributed by atoms with Gasteiger partial charge in [0.1, 0.15) is 0 Å². The summed E-state index contributed by atoms with van der Waals surface area (Å²) >= 11 is 0. The van der Waals surface area contributed by atoms with Crippen LogP contribution in [0.3, 0.4) is 0 Å². The van der Waals surface area contributed by atoms with E-state index < -0.39 is 6.10 Å². The van der Waals surface area contributed by atoms with Gasteiger partial charge in [0.15, 0.2) is 0 Å². The Labute approximate surface area is 101 Å². The molecule has 0 amide bonds. The van der Waals surface area contributed by atoms with Gasteiger partial charge in [0, 0.05) is 0 Å². The Balaban J connectivity index is 3.71. The van der Waals surface area contributed by atoms with Crippen LogP contribution in [0.2, 0.25) is 0 Å². The van der Waals surface area contributed by atoms with Gasteiger partial charge >= 0.3 is 0 Å². The molecule has 2 N–H and O–H groups in total. The zero-order chi connectivity index (χ0) is 12.2. The van der Waals surface area contributed by atoms with E-state index in [1.807, 2.05) is 0 Å². The van der Waals surface area contributed by atoms with Crippen molar-refractivity contribution in [1.82, 2.24) is 0 Å². The number of hydrogen-bond donors (Lipinski definition) is 2. The highest BCUT2D eigenvalue weighted by molar-refractivity contribution is 4.65. The minimum atomic E-state index is -0.506. The van der Waals surface area contributed by atoms with Gasteiger partial charge in [-0.05, 0) is 12.3 Å². The molecule has 98 valence electrons. The Kier molecular flexibility index (Phi) is 11.3. The average molecular weight is 230 g/mol. The quantitative estimate of drug-likeness (QED) is 0.533. The molecule has 0 rings (SSSR count). The summed E-state index contributed by atoms with van der Waals surface area (Å²) in [5, 5.41) is 18.3. The second-order valence-electron chi connectivity index (χ2n) is 4.93. The van der Waals surface area contributed by atoms with Crippen molar-refractivity contribution in [2.45, 2.75) is 77.7 Å². The zero-order valence-corrected chi connectivity index (χ0v) is 11.1. The summed E-state index contributed by atoms with van der Waals surface area (Å²) in [5.41, 5.74) is 0. The van der Waals surface area contributed by atoms with Crippen molar-refractivity contribution in [1.29, 1.82) is 0 Å². The molecule has 0 saturated carbocycles. The number of rotatable bonds is 11. The van der Waals surface area contributed by atoms with Gasteiger partial charge in [0.2, 0.25) is 0 Å². The van der Waals surface area contributed by atoms with Gasteiger partial charge in [-0.1, -0.05) is 65.2 Å². The lowest BCUT2D eigenvalue weighted by Crippen LogP contribution is -2.17. The largest absolute Gasteiger partial charge is 0.394 e. The summed E-state index contributed by atoms with van der Waals surface area (Å²) in [6.07, 6.45) is 10.4. The molecule has 0 aliphatic carbocycles. The predicted molar refractivity (Wildman–Crippen MR) is 69.5 cm³/mol. The standard InChI is InChI=1S/C14H30O2/c1-3-5-7-8-10-13(9-6-4-2)11-14(16)12-15/h13-16H,3-12H2,1-2H3. The van der Waals surface area contributed by atoms with Crippen molar-refractivity contribution >= 4 is 0 Å². The lowest BCUT2D eigenvalue weighted by molar-refractivity contribution is 0.0706.